The molecule has 0 unspecified atom stereocenters. The zero-order valence-electron chi connectivity index (χ0n) is 30.1. The number of halogens is 5. The molecule has 0 aliphatic carbocycles. The van der Waals surface area contributed by atoms with Crippen LogP contribution in [0.5, 0.6) is 23.0 Å². The lowest BCUT2D eigenvalue weighted by Crippen LogP contribution is -2.49. The number of aryl methyl sites for hydroxylation is 2. The molecule has 16 heteroatoms. The molecule has 2 aliphatic rings. The summed E-state index contributed by atoms with van der Waals surface area (Å²) in [7, 11) is 0. The summed E-state index contributed by atoms with van der Waals surface area (Å²) in [4.78, 5) is 33.2. The molecule has 1 spiro atoms. The molecule has 4 aromatic carbocycles. The highest BCUT2D eigenvalue weighted by atomic mass is 35.5. The maximum absolute atomic E-state index is 14.7. The van der Waals surface area contributed by atoms with Crippen molar-refractivity contribution in [3.05, 3.63) is 112 Å². The molecule has 3 N–H and O–H groups in total. The molecule has 2 heterocycles. The Labute approximate surface area is 336 Å². The third-order valence-corrected chi connectivity index (χ3v) is 11.4. The van der Waals surface area contributed by atoms with Crippen molar-refractivity contribution in [1.29, 1.82) is 0 Å². The number of carbonyl (C=O) groups is 2. The van der Waals surface area contributed by atoms with Crippen molar-refractivity contribution < 1.29 is 43.2 Å². The van der Waals surface area contributed by atoms with Gasteiger partial charge in [0.25, 0.3) is 11.8 Å². The van der Waals surface area contributed by atoms with Crippen molar-refractivity contribution >= 4 is 64.4 Å². The summed E-state index contributed by atoms with van der Waals surface area (Å²) >= 11 is 27.1. The van der Waals surface area contributed by atoms with Gasteiger partial charge in [0, 0.05) is 40.9 Å². The number of amides is 2. The molecule has 2 aliphatic heterocycles. The molecule has 0 bridgehead atoms. The van der Waals surface area contributed by atoms with Gasteiger partial charge in [-0.1, -0.05) is 63.7 Å². The predicted molar refractivity (Wildman–Crippen MR) is 207 cm³/mol. The topological polar surface area (TPSA) is 139 Å². The van der Waals surface area contributed by atoms with Crippen LogP contribution in [0.1, 0.15) is 54.9 Å². The molecule has 0 atom stereocenters. The van der Waals surface area contributed by atoms with Crippen molar-refractivity contribution in [3.8, 4) is 23.0 Å². The second kappa shape index (κ2) is 16.4. The van der Waals surface area contributed by atoms with E-state index in [4.69, 9.17) is 65.5 Å². The first-order valence-electron chi connectivity index (χ1n) is 17.1. The van der Waals surface area contributed by atoms with E-state index in [1.807, 2.05) is 0 Å². The molecule has 6 rings (SSSR count). The van der Waals surface area contributed by atoms with Gasteiger partial charge in [0.1, 0.15) is 34.4 Å². The normalized spacial score (nSPS) is 13.9. The Kier molecular flexibility index (Phi) is 12.1. The van der Waals surface area contributed by atoms with Crippen molar-refractivity contribution in [2.24, 2.45) is 5.16 Å². The second-order valence-corrected chi connectivity index (χ2v) is 14.5. The maximum atomic E-state index is 14.7. The van der Waals surface area contributed by atoms with Crippen molar-refractivity contribution in [1.82, 2.24) is 10.2 Å². The number of oxime groups is 1. The van der Waals surface area contributed by atoms with Gasteiger partial charge < -0.3 is 39.5 Å². The number of hydrogen-bond acceptors (Lipinski definition) is 9. The number of nitrogens with one attached hydrogen (secondary N) is 1. The van der Waals surface area contributed by atoms with Crippen LogP contribution >= 0.6 is 46.4 Å². The van der Waals surface area contributed by atoms with E-state index in [1.54, 1.807) is 44.7 Å². The second-order valence-electron chi connectivity index (χ2n) is 13.0. The summed E-state index contributed by atoms with van der Waals surface area (Å²) in [5.41, 5.74) is 2.31. The van der Waals surface area contributed by atoms with E-state index in [1.165, 1.54) is 30.5 Å². The summed E-state index contributed by atoms with van der Waals surface area (Å²) in [6.07, 6.45) is 1.37. The molecule has 0 aromatic heterocycles. The third-order valence-electron chi connectivity index (χ3n) is 9.57. The van der Waals surface area contributed by atoms with Crippen LogP contribution in [0, 0.1) is 33.5 Å². The largest absolute Gasteiger partial charge is 0.507 e. The molecule has 11 nitrogen and oxygen atoms in total. The van der Waals surface area contributed by atoms with E-state index < -0.39 is 17.4 Å². The Morgan fingerprint density at radius 3 is 2.04 bits per heavy atom. The highest BCUT2D eigenvalue weighted by Crippen LogP contribution is 2.64. The first kappa shape index (κ1) is 40.4. The van der Waals surface area contributed by atoms with Gasteiger partial charge in [-0.15, -0.1) is 0 Å². The SMILES string of the molecule is Cc1cc2c(c(C)c1O)Oc1c(cc(C)c(O)c1C)C21c2c(Cl)c(Cl)c(Cl)c(Cl)c2C(=O)N1CCOCCOCCNC(=O)CO/N=C/c1ccc(F)cc1. The smallest absolute Gasteiger partial charge is 0.260 e. The van der Waals surface area contributed by atoms with Gasteiger partial charge in [-0.25, -0.2) is 4.39 Å². The number of aromatic hydroxyl groups is 2. The zero-order valence-corrected chi connectivity index (χ0v) is 33.1. The van der Waals surface area contributed by atoms with E-state index in [0.717, 1.165) is 0 Å². The van der Waals surface area contributed by atoms with Crippen LogP contribution in [0.25, 0.3) is 0 Å². The summed E-state index contributed by atoms with van der Waals surface area (Å²) < 4.78 is 31.0. The predicted octanol–water partition coefficient (Wildman–Crippen LogP) is 8.14. The Balaban J connectivity index is 1.18. The first-order chi connectivity index (χ1) is 26.2. The summed E-state index contributed by atoms with van der Waals surface area (Å²) in [6.45, 7) is 7.38. The summed E-state index contributed by atoms with van der Waals surface area (Å²) in [5.74, 6) is -0.705. The summed E-state index contributed by atoms with van der Waals surface area (Å²) in [5, 5.41) is 28.2. The Hall–Kier alpha value is -4.30. The molecule has 0 saturated heterocycles. The average Bonchev–Trinajstić information content (AvgIpc) is 3.42. The standard InChI is InChI=1S/C39H36Cl4FN3O8/c1-19-15-25-36(21(3)34(19)49)55-37-22(4)35(50)20(2)16-26(37)39(25)29-28(30(40)32(42)33(43)31(29)41)38(51)47(39)10-12-53-14-13-52-11-9-45-27(48)18-54-46-17-23-5-7-24(44)8-6-23/h5-8,15-17,49-50H,9-14,18H2,1-4H3,(H,45,48)/b46-17+. The van der Waals surface area contributed by atoms with Crippen molar-refractivity contribution in [3.63, 3.8) is 0 Å². The van der Waals surface area contributed by atoms with Crippen LogP contribution in [0.4, 0.5) is 4.39 Å². The lowest BCUT2D eigenvalue weighted by molar-refractivity contribution is -0.125. The van der Waals surface area contributed by atoms with E-state index >= 15 is 0 Å². The quantitative estimate of drug-likeness (QED) is 0.0404. The van der Waals surface area contributed by atoms with Gasteiger partial charge in [0.05, 0.1) is 58.3 Å². The van der Waals surface area contributed by atoms with E-state index in [2.05, 4.69) is 10.5 Å². The van der Waals surface area contributed by atoms with Gasteiger partial charge in [-0.2, -0.15) is 0 Å². The number of phenolic OH excluding ortho intramolecular Hbond substituents is 2. The average molecular weight is 836 g/mol. The van der Waals surface area contributed by atoms with Gasteiger partial charge in [0.2, 0.25) is 0 Å². The molecular weight excluding hydrogens is 799 g/mol. The minimum absolute atomic E-state index is 0.00427. The minimum atomic E-state index is -1.51. The first-order valence-corrected chi connectivity index (χ1v) is 18.6. The number of carbonyl (C=O) groups excluding carboxylic acids is 2. The number of benzene rings is 4. The number of hydrogen-bond donors (Lipinski definition) is 3. The van der Waals surface area contributed by atoms with Crippen molar-refractivity contribution in [2.45, 2.75) is 33.2 Å². The van der Waals surface area contributed by atoms with Crippen LogP contribution in [0.3, 0.4) is 0 Å². The van der Waals surface area contributed by atoms with E-state index in [9.17, 15) is 24.2 Å². The molecule has 0 saturated carbocycles. The number of phenols is 2. The van der Waals surface area contributed by atoms with Crippen LogP contribution in [-0.4, -0.2) is 79.3 Å². The highest BCUT2D eigenvalue weighted by Gasteiger charge is 2.59. The molecule has 0 radical (unpaired) electrons. The fourth-order valence-electron chi connectivity index (χ4n) is 6.92. The molecule has 290 valence electrons. The van der Waals surface area contributed by atoms with E-state index in [0.29, 0.717) is 38.9 Å². The van der Waals surface area contributed by atoms with E-state index in [-0.39, 0.29) is 106 Å². The van der Waals surface area contributed by atoms with Gasteiger partial charge in [-0.3, -0.25) is 9.59 Å². The van der Waals surface area contributed by atoms with Crippen LogP contribution in [0.15, 0.2) is 41.6 Å². The van der Waals surface area contributed by atoms with Crippen LogP contribution in [-0.2, 0) is 24.6 Å². The fourth-order valence-corrected chi connectivity index (χ4v) is 7.99. The number of fused-ring (bicyclic) bond motifs is 6. The number of rotatable bonds is 13. The van der Waals surface area contributed by atoms with Gasteiger partial charge in [0.15, 0.2) is 6.61 Å². The van der Waals surface area contributed by atoms with Gasteiger partial charge in [-0.05, 0) is 68.7 Å². The van der Waals surface area contributed by atoms with Crippen molar-refractivity contribution in [2.75, 3.05) is 46.1 Å². The monoisotopic (exact) mass is 833 g/mol. The van der Waals surface area contributed by atoms with Gasteiger partial charge >= 0.3 is 0 Å². The molecule has 2 amide bonds. The Morgan fingerprint density at radius 1 is 0.873 bits per heavy atom. The van der Waals surface area contributed by atoms with Crippen LogP contribution in [0.2, 0.25) is 20.1 Å². The maximum Gasteiger partial charge on any atom is 0.260 e. The lowest BCUT2D eigenvalue weighted by Gasteiger charge is -2.45. The summed E-state index contributed by atoms with van der Waals surface area (Å²) in [6, 6.07) is 9.10. The Morgan fingerprint density at radius 2 is 1.44 bits per heavy atom. The number of ether oxygens (including phenoxy) is 3. The minimum Gasteiger partial charge on any atom is -0.507 e. The molecule has 0 fully saturated rings. The fraction of sp³-hybridized carbons (Fsp3) is 0.308. The number of nitrogens with zero attached hydrogens (tertiary/aromatic N) is 2. The molecule has 55 heavy (non-hydrogen) atoms. The van der Waals surface area contributed by atoms with Crippen LogP contribution < -0.4 is 10.1 Å². The lowest BCUT2D eigenvalue weighted by atomic mass is 9.72. The highest BCUT2D eigenvalue weighted by molar-refractivity contribution is 6.53. The molecule has 4 aromatic rings. The third kappa shape index (κ3) is 7.27. The Bertz CT molecular complexity index is 2150. The zero-order chi connectivity index (χ0) is 39.8. The molecular formula is C39H36Cl4FN3O8.